The van der Waals surface area contributed by atoms with Crippen LogP contribution in [0.3, 0.4) is 0 Å². The number of rotatable bonds is 5. The largest absolute Gasteiger partial charge is 0.352 e. The summed E-state index contributed by atoms with van der Waals surface area (Å²) in [6.45, 7) is 1.19. The molecular weight excluding hydrogens is 368 g/mol. The van der Waals surface area contributed by atoms with Crippen molar-refractivity contribution in [3.8, 4) is 0 Å². The van der Waals surface area contributed by atoms with Crippen molar-refractivity contribution in [3.63, 3.8) is 0 Å². The number of nitrogens with zero attached hydrogens (tertiary/aromatic N) is 8. The highest BCUT2D eigenvalue weighted by molar-refractivity contribution is 7.89. The highest BCUT2D eigenvalue weighted by Crippen LogP contribution is 2.39. The van der Waals surface area contributed by atoms with E-state index in [0.717, 1.165) is 30.1 Å². The average Bonchev–Trinajstić information content (AvgIpc) is 3.20. The van der Waals surface area contributed by atoms with E-state index in [1.807, 2.05) is 16.6 Å². The van der Waals surface area contributed by atoms with Gasteiger partial charge >= 0.3 is 0 Å². The van der Waals surface area contributed by atoms with Gasteiger partial charge in [0.2, 0.25) is 10.0 Å². The average molecular weight is 388 g/mol. The highest BCUT2D eigenvalue weighted by Gasteiger charge is 2.38. The molecule has 4 heterocycles. The van der Waals surface area contributed by atoms with Crippen molar-refractivity contribution in [2.24, 2.45) is 7.05 Å². The molecule has 1 saturated heterocycles. The van der Waals surface area contributed by atoms with Crippen LogP contribution in [-0.4, -0.2) is 68.5 Å². The maximum Gasteiger partial charge on any atom is 0.246 e. The van der Waals surface area contributed by atoms with E-state index in [1.165, 1.54) is 21.4 Å². The molecule has 0 aromatic carbocycles. The van der Waals surface area contributed by atoms with Crippen LogP contribution in [0.15, 0.2) is 29.4 Å². The predicted molar refractivity (Wildman–Crippen MR) is 96.9 cm³/mol. The Morgan fingerprint density at radius 1 is 1.19 bits per heavy atom. The molecule has 3 aromatic rings. The number of likely N-dealkylation sites (N-methyl/N-ethyl adjacent to an activating group) is 1. The maximum absolute atomic E-state index is 12.7. The number of sulfonamides is 1. The van der Waals surface area contributed by atoms with Gasteiger partial charge < -0.3 is 4.90 Å². The highest BCUT2D eigenvalue weighted by atomic mass is 32.2. The number of hydrogen-bond acceptors (Lipinski definition) is 7. The topological polar surface area (TPSA) is 102 Å². The molecule has 142 valence electrons. The Labute approximate surface area is 156 Å². The molecule has 27 heavy (non-hydrogen) atoms. The Morgan fingerprint density at radius 3 is 2.63 bits per heavy atom. The molecular formula is C16H20N8O2S. The number of hydrogen-bond donors (Lipinski definition) is 0. The molecule has 3 aromatic heterocycles. The summed E-state index contributed by atoms with van der Waals surface area (Å²) in [6.07, 6.45) is 5.16. The van der Waals surface area contributed by atoms with Crippen LogP contribution in [0.25, 0.3) is 5.65 Å². The van der Waals surface area contributed by atoms with E-state index < -0.39 is 10.0 Å². The first-order valence-electron chi connectivity index (χ1n) is 8.87. The van der Waals surface area contributed by atoms with Gasteiger partial charge in [0.05, 0.1) is 12.2 Å². The summed E-state index contributed by atoms with van der Waals surface area (Å²) >= 11 is 0. The number of fused-ring (bicyclic) bond motifs is 1. The normalized spacial score (nSPS) is 18.4. The lowest BCUT2D eigenvalue weighted by Crippen LogP contribution is -2.60. The van der Waals surface area contributed by atoms with Gasteiger partial charge in [-0.3, -0.25) is 4.68 Å². The van der Waals surface area contributed by atoms with Crippen molar-refractivity contribution < 1.29 is 8.42 Å². The molecule has 0 spiro atoms. The van der Waals surface area contributed by atoms with Crippen molar-refractivity contribution in [2.75, 3.05) is 25.0 Å². The SMILES string of the molecule is CN(C1CN(c2ccc3nnc(C4CC4)n3n2)C1)S(=O)(=O)c1cnn(C)c1. The first kappa shape index (κ1) is 16.6. The summed E-state index contributed by atoms with van der Waals surface area (Å²) in [5.74, 6) is 2.19. The summed E-state index contributed by atoms with van der Waals surface area (Å²) in [4.78, 5) is 2.28. The van der Waals surface area contributed by atoms with Crippen LogP contribution < -0.4 is 4.90 Å². The molecule has 0 bridgehead atoms. The summed E-state index contributed by atoms with van der Waals surface area (Å²) in [6, 6.07) is 3.72. The molecule has 0 radical (unpaired) electrons. The third kappa shape index (κ3) is 2.69. The molecule has 1 aliphatic heterocycles. The lowest BCUT2D eigenvalue weighted by atomic mass is 10.1. The minimum absolute atomic E-state index is 0.100. The van der Waals surface area contributed by atoms with E-state index in [2.05, 4.69) is 25.3 Å². The minimum atomic E-state index is -3.54. The van der Waals surface area contributed by atoms with E-state index in [9.17, 15) is 8.42 Å². The van der Waals surface area contributed by atoms with Crippen LogP contribution in [0.5, 0.6) is 0 Å². The second-order valence-corrected chi connectivity index (χ2v) is 9.22. The van der Waals surface area contributed by atoms with Gasteiger partial charge in [0.15, 0.2) is 11.5 Å². The zero-order valence-electron chi connectivity index (χ0n) is 15.1. The van der Waals surface area contributed by atoms with Crippen LogP contribution in [0.1, 0.15) is 24.6 Å². The quantitative estimate of drug-likeness (QED) is 0.617. The van der Waals surface area contributed by atoms with Gasteiger partial charge in [0.25, 0.3) is 0 Å². The number of aryl methyl sites for hydroxylation is 1. The van der Waals surface area contributed by atoms with Crippen molar-refractivity contribution in [2.45, 2.75) is 29.7 Å². The van der Waals surface area contributed by atoms with Crippen molar-refractivity contribution in [1.82, 2.24) is 33.9 Å². The molecule has 2 aliphatic rings. The van der Waals surface area contributed by atoms with E-state index in [1.54, 1.807) is 14.1 Å². The first-order chi connectivity index (χ1) is 12.9. The fraction of sp³-hybridized carbons (Fsp3) is 0.500. The molecule has 1 saturated carbocycles. The lowest BCUT2D eigenvalue weighted by molar-refractivity contribution is 0.309. The maximum atomic E-state index is 12.7. The third-order valence-corrected chi connectivity index (χ3v) is 7.14. The molecule has 1 aliphatic carbocycles. The summed E-state index contributed by atoms with van der Waals surface area (Å²) in [7, 11) is -0.223. The van der Waals surface area contributed by atoms with Crippen LogP contribution >= 0.6 is 0 Å². The van der Waals surface area contributed by atoms with Crippen molar-refractivity contribution >= 4 is 21.5 Å². The molecule has 0 unspecified atom stereocenters. The summed E-state index contributed by atoms with van der Waals surface area (Å²) < 4.78 is 30.1. The van der Waals surface area contributed by atoms with Crippen LogP contribution in [-0.2, 0) is 17.1 Å². The molecule has 10 nitrogen and oxygen atoms in total. The van der Waals surface area contributed by atoms with Crippen molar-refractivity contribution in [1.29, 1.82) is 0 Å². The molecule has 5 rings (SSSR count). The Kier molecular flexibility index (Phi) is 3.53. The Balaban J connectivity index is 1.33. The molecule has 0 N–H and O–H groups in total. The van der Waals surface area contributed by atoms with Crippen LogP contribution in [0.2, 0.25) is 0 Å². The van der Waals surface area contributed by atoms with E-state index in [0.29, 0.717) is 19.0 Å². The zero-order valence-corrected chi connectivity index (χ0v) is 15.9. The molecule has 11 heteroatoms. The summed E-state index contributed by atoms with van der Waals surface area (Å²) in [5, 5.41) is 17.1. The minimum Gasteiger partial charge on any atom is -0.352 e. The fourth-order valence-electron chi connectivity index (χ4n) is 3.33. The smallest absolute Gasteiger partial charge is 0.246 e. The van der Waals surface area contributed by atoms with E-state index in [-0.39, 0.29) is 10.9 Å². The van der Waals surface area contributed by atoms with Gasteiger partial charge in [-0.25, -0.2) is 8.42 Å². The second-order valence-electron chi connectivity index (χ2n) is 7.22. The number of anilines is 1. The van der Waals surface area contributed by atoms with E-state index in [4.69, 9.17) is 0 Å². The standard InChI is InChI=1S/C16H20N8O2S/c1-21-10-13(7-17-21)27(25,26)22(2)12-8-23(9-12)15-6-5-14-18-19-16(11-3-4-11)24(14)20-15/h5-7,10-12H,3-4,8-9H2,1-2H3. The Morgan fingerprint density at radius 2 is 1.96 bits per heavy atom. The Bertz CT molecular complexity index is 1110. The summed E-state index contributed by atoms with van der Waals surface area (Å²) in [5.41, 5.74) is 0.744. The molecule has 0 amide bonds. The zero-order chi connectivity index (χ0) is 18.8. The van der Waals surface area contributed by atoms with Gasteiger partial charge in [-0.2, -0.15) is 13.9 Å². The van der Waals surface area contributed by atoms with Crippen LogP contribution in [0.4, 0.5) is 5.82 Å². The fourth-order valence-corrected chi connectivity index (χ4v) is 4.65. The Hall–Kier alpha value is -2.53. The third-order valence-electron chi connectivity index (χ3n) is 5.27. The second kappa shape index (κ2) is 5.73. The van der Waals surface area contributed by atoms with Gasteiger partial charge in [0, 0.05) is 39.3 Å². The van der Waals surface area contributed by atoms with Gasteiger partial charge in [-0.15, -0.1) is 15.3 Å². The predicted octanol–water partition coefficient (Wildman–Crippen LogP) is 0.244. The number of aromatic nitrogens is 6. The monoisotopic (exact) mass is 388 g/mol. The van der Waals surface area contributed by atoms with Gasteiger partial charge in [0.1, 0.15) is 10.7 Å². The van der Waals surface area contributed by atoms with Gasteiger partial charge in [-0.1, -0.05) is 0 Å². The van der Waals surface area contributed by atoms with Crippen LogP contribution in [0, 0.1) is 0 Å². The molecule has 0 atom stereocenters. The first-order valence-corrected chi connectivity index (χ1v) is 10.3. The van der Waals surface area contributed by atoms with Gasteiger partial charge in [-0.05, 0) is 25.0 Å². The van der Waals surface area contributed by atoms with Crippen molar-refractivity contribution in [3.05, 3.63) is 30.4 Å². The lowest BCUT2D eigenvalue weighted by Gasteiger charge is -2.43. The molecule has 2 fully saturated rings. The van der Waals surface area contributed by atoms with E-state index >= 15 is 0 Å².